The molecule has 0 aliphatic rings. The summed E-state index contributed by atoms with van der Waals surface area (Å²) >= 11 is 3.19. The van der Waals surface area contributed by atoms with Gasteiger partial charge < -0.3 is 11.1 Å². The summed E-state index contributed by atoms with van der Waals surface area (Å²) in [5.74, 6) is -0.146. The minimum Gasteiger partial charge on any atom is -0.383 e. The van der Waals surface area contributed by atoms with Gasteiger partial charge in [-0.15, -0.1) is 0 Å². The summed E-state index contributed by atoms with van der Waals surface area (Å²) in [6, 6.07) is 5.79. The fourth-order valence-corrected chi connectivity index (χ4v) is 3.16. The number of pyridine rings is 1. The van der Waals surface area contributed by atoms with Crippen molar-refractivity contribution in [3.05, 3.63) is 51.6 Å². The van der Waals surface area contributed by atoms with Crippen LogP contribution in [0, 0.1) is 13.8 Å². The van der Waals surface area contributed by atoms with Crippen LogP contribution in [-0.2, 0) is 0 Å². The SMILES string of the molecule is Cc1cc(C)c2c(N)nc(NC(c3cccc(Br)c3)C(F)(F)F)nc2n1. The Morgan fingerprint density at radius 2 is 1.85 bits per heavy atom. The number of halogens is 4. The molecule has 9 heteroatoms. The van der Waals surface area contributed by atoms with Crippen LogP contribution in [0.3, 0.4) is 0 Å². The maximum absolute atomic E-state index is 13.6. The molecular formula is C17H15BrF3N5. The third-order valence-electron chi connectivity index (χ3n) is 3.80. The zero-order valence-corrected chi connectivity index (χ0v) is 15.5. The van der Waals surface area contributed by atoms with Crippen LogP contribution in [0.2, 0.25) is 0 Å². The maximum Gasteiger partial charge on any atom is 0.412 e. The summed E-state index contributed by atoms with van der Waals surface area (Å²) in [4.78, 5) is 12.4. The highest BCUT2D eigenvalue weighted by atomic mass is 79.9. The van der Waals surface area contributed by atoms with Crippen molar-refractivity contribution in [1.29, 1.82) is 0 Å². The molecule has 0 saturated heterocycles. The van der Waals surface area contributed by atoms with Crippen molar-refractivity contribution in [1.82, 2.24) is 15.0 Å². The van der Waals surface area contributed by atoms with E-state index in [2.05, 4.69) is 36.2 Å². The number of alkyl halides is 3. The van der Waals surface area contributed by atoms with Gasteiger partial charge in [0.2, 0.25) is 5.95 Å². The van der Waals surface area contributed by atoms with E-state index in [-0.39, 0.29) is 23.0 Å². The number of nitrogens with two attached hydrogens (primary N) is 1. The van der Waals surface area contributed by atoms with Crippen molar-refractivity contribution < 1.29 is 13.2 Å². The molecule has 5 nitrogen and oxygen atoms in total. The highest BCUT2D eigenvalue weighted by molar-refractivity contribution is 9.10. The first-order valence-electron chi connectivity index (χ1n) is 7.65. The van der Waals surface area contributed by atoms with Crippen molar-refractivity contribution in [2.75, 3.05) is 11.1 Å². The Morgan fingerprint density at radius 3 is 2.50 bits per heavy atom. The molecule has 1 aromatic carbocycles. The van der Waals surface area contributed by atoms with E-state index in [0.29, 0.717) is 15.6 Å². The predicted molar refractivity (Wildman–Crippen MR) is 97.8 cm³/mol. The average molecular weight is 426 g/mol. The Kier molecular flexibility index (Phi) is 4.74. The summed E-state index contributed by atoms with van der Waals surface area (Å²) in [6.07, 6.45) is -4.55. The highest BCUT2D eigenvalue weighted by Gasteiger charge is 2.41. The average Bonchev–Trinajstić information content (AvgIpc) is 2.50. The fraction of sp³-hybridized carbons (Fsp3) is 0.235. The van der Waals surface area contributed by atoms with Crippen molar-refractivity contribution in [3.8, 4) is 0 Å². The van der Waals surface area contributed by atoms with Crippen LogP contribution in [-0.4, -0.2) is 21.1 Å². The lowest BCUT2D eigenvalue weighted by Gasteiger charge is -2.22. The van der Waals surface area contributed by atoms with Gasteiger partial charge in [-0.25, -0.2) is 4.98 Å². The Bertz CT molecular complexity index is 975. The Morgan fingerprint density at radius 1 is 1.12 bits per heavy atom. The molecule has 0 bridgehead atoms. The number of anilines is 2. The molecule has 0 amide bonds. The van der Waals surface area contributed by atoms with E-state index in [9.17, 15) is 13.2 Å². The molecule has 2 aromatic heterocycles. The molecule has 0 saturated carbocycles. The lowest BCUT2D eigenvalue weighted by atomic mass is 10.1. The third-order valence-corrected chi connectivity index (χ3v) is 4.30. The lowest BCUT2D eigenvalue weighted by molar-refractivity contribution is -0.144. The first-order valence-corrected chi connectivity index (χ1v) is 8.44. The van der Waals surface area contributed by atoms with Gasteiger partial charge in [0, 0.05) is 10.2 Å². The molecule has 1 unspecified atom stereocenters. The van der Waals surface area contributed by atoms with Crippen LogP contribution in [0.5, 0.6) is 0 Å². The number of benzene rings is 1. The summed E-state index contributed by atoms with van der Waals surface area (Å²) in [5, 5.41) is 2.88. The van der Waals surface area contributed by atoms with E-state index in [1.807, 2.05) is 13.0 Å². The van der Waals surface area contributed by atoms with Gasteiger partial charge in [-0.1, -0.05) is 28.1 Å². The zero-order valence-electron chi connectivity index (χ0n) is 13.9. The molecule has 0 radical (unpaired) electrons. The van der Waals surface area contributed by atoms with E-state index < -0.39 is 12.2 Å². The second-order valence-corrected chi connectivity index (χ2v) is 6.80. The highest BCUT2D eigenvalue weighted by Crippen LogP contribution is 2.36. The smallest absolute Gasteiger partial charge is 0.383 e. The number of nitrogens with zero attached hydrogens (tertiary/aromatic N) is 3. The maximum atomic E-state index is 13.6. The molecule has 1 atom stereocenters. The minimum absolute atomic E-state index is 0.0301. The molecule has 0 fully saturated rings. The normalized spacial score (nSPS) is 13.0. The van der Waals surface area contributed by atoms with Gasteiger partial charge in [-0.3, -0.25) is 0 Å². The molecule has 3 rings (SSSR count). The Hall–Kier alpha value is -2.42. The number of aryl methyl sites for hydroxylation is 2. The van der Waals surface area contributed by atoms with Gasteiger partial charge >= 0.3 is 6.18 Å². The van der Waals surface area contributed by atoms with Gasteiger partial charge in [0.25, 0.3) is 0 Å². The number of aromatic nitrogens is 3. The van der Waals surface area contributed by atoms with E-state index in [1.54, 1.807) is 13.0 Å². The van der Waals surface area contributed by atoms with E-state index in [1.165, 1.54) is 18.2 Å². The zero-order chi connectivity index (χ0) is 19.1. The van der Waals surface area contributed by atoms with Crippen LogP contribution in [0.4, 0.5) is 24.9 Å². The van der Waals surface area contributed by atoms with E-state index in [4.69, 9.17) is 5.73 Å². The molecule has 3 aromatic rings. The standard InChI is InChI=1S/C17H15BrF3N5/c1-8-6-9(2)23-15-12(8)14(22)25-16(26-15)24-13(17(19,20)21)10-4-3-5-11(18)7-10/h3-7,13H,1-2H3,(H3,22,23,24,25,26). The van der Waals surface area contributed by atoms with Gasteiger partial charge in [0.05, 0.1) is 5.39 Å². The Balaban J connectivity index is 2.07. The molecule has 0 spiro atoms. The van der Waals surface area contributed by atoms with Crippen molar-refractivity contribution in [3.63, 3.8) is 0 Å². The first-order chi connectivity index (χ1) is 12.1. The topological polar surface area (TPSA) is 76.7 Å². The van der Waals surface area contributed by atoms with E-state index in [0.717, 1.165) is 5.56 Å². The second kappa shape index (κ2) is 6.71. The number of rotatable bonds is 3. The van der Waals surface area contributed by atoms with Crippen LogP contribution in [0.1, 0.15) is 22.9 Å². The summed E-state index contributed by atoms with van der Waals surface area (Å²) in [7, 11) is 0. The van der Waals surface area contributed by atoms with Gasteiger partial charge in [0.15, 0.2) is 11.7 Å². The molecule has 26 heavy (non-hydrogen) atoms. The molecule has 136 valence electrons. The minimum atomic E-state index is -4.55. The van der Waals surface area contributed by atoms with Gasteiger partial charge in [-0.05, 0) is 43.2 Å². The quantitative estimate of drug-likeness (QED) is 0.635. The summed E-state index contributed by atoms with van der Waals surface area (Å²) in [6.45, 7) is 3.60. The lowest BCUT2D eigenvalue weighted by Crippen LogP contribution is -2.28. The third kappa shape index (κ3) is 3.72. The molecule has 0 aliphatic heterocycles. The molecular weight excluding hydrogens is 411 g/mol. The van der Waals surface area contributed by atoms with E-state index >= 15 is 0 Å². The first kappa shape index (κ1) is 18.4. The van der Waals surface area contributed by atoms with Crippen LogP contribution < -0.4 is 11.1 Å². The van der Waals surface area contributed by atoms with Crippen LogP contribution >= 0.6 is 15.9 Å². The molecule has 2 heterocycles. The fourth-order valence-electron chi connectivity index (χ4n) is 2.74. The number of nitrogen functional groups attached to an aromatic ring is 1. The van der Waals surface area contributed by atoms with Crippen molar-refractivity contribution in [2.24, 2.45) is 0 Å². The second-order valence-electron chi connectivity index (χ2n) is 5.89. The van der Waals surface area contributed by atoms with Crippen LogP contribution in [0.15, 0.2) is 34.8 Å². The predicted octanol–water partition coefficient (Wildman–Crippen LogP) is 4.70. The number of fused-ring (bicyclic) bond motifs is 1. The monoisotopic (exact) mass is 425 g/mol. The Labute approximate surface area is 156 Å². The molecule has 3 N–H and O–H groups in total. The van der Waals surface area contributed by atoms with Gasteiger partial charge in [-0.2, -0.15) is 23.1 Å². The summed E-state index contributed by atoms with van der Waals surface area (Å²) < 4.78 is 41.3. The van der Waals surface area contributed by atoms with Crippen molar-refractivity contribution >= 4 is 38.7 Å². The largest absolute Gasteiger partial charge is 0.412 e. The van der Waals surface area contributed by atoms with Crippen molar-refractivity contribution in [2.45, 2.75) is 26.1 Å². The molecule has 0 aliphatic carbocycles. The number of nitrogens with one attached hydrogen (secondary N) is 1. The summed E-state index contributed by atoms with van der Waals surface area (Å²) in [5.41, 5.74) is 7.73. The van der Waals surface area contributed by atoms with Crippen LogP contribution in [0.25, 0.3) is 11.0 Å². The number of hydrogen-bond acceptors (Lipinski definition) is 5. The van der Waals surface area contributed by atoms with Gasteiger partial charge in [0.1, 0.15) is 5.82 Å². The number of hydrogen-bond donors (Lipinski definition) is 2.